The van der Waals surface area contributed by atoms with Gasteiger partial charge >= 0.3 is 12.4 Å². The number of hydrogen-bond acceptors (Lipinski definition) is 2. The number of carbonyl (C=O) groups excluding carboxylic acids is 1. The summed E-state index contributed by atoms with van der Waals surface area (Å²) >= 11 is 0. The molecule has 0 radical (unpaired) electrons. The van der Waals surface area contributed by atoms with Crippen molar-refractivity contribution in [1.29, 1.82) is 0 Å². The first kappa shape index (κ1) is 22.4. The maximum Gasteiger partial charge on any atom is 0.418 e. The normalized spacial score (nSPS) is 12.1. The first-order chi connectivity index (χ1) is 14.4. The van der Waals surface area contributed by atoms with Crippen LogP contribution in [0.1, 0.15) is 28.8 Å². The Balaban J connectivity index is 1.70. The molecule has 1 heterocycles. The largest absolute Gasteiger partial charge is 0.418 e. The van der Waals surface area contributed by atoms with E-state index >= 15 is 0 Å². The summed E-state index contributed by atoms with van der Waals surface area (Å²) < 4.78 is 79.5. The smallest absolute Gasteiger partial charge is 0.326 e. The zero-order chi connectivity index (χ0) is 22.8. The minimum Gasteiger partial charge on any atom is -0.326 e. The summed E-state index contributed by atoms with van der Waals surface area (Å²) in [5.41, 5.74) is -0.848. The Morgan fingerprint density at radius 1 is 1.00 bits per heavy atom. The molecule has 31 heavy (non-hydrogen) atoms. The lowest BCUT2D eigenvalue weighted by Crippen LogP contribution is -2.15. The molecule has 1 aromatic heterocycles. The number of nitrogens with zero attached hydrogens (tertiary/aromatic N) is 2. The SMILES string of the molecule is Cc1cn(-c2ccc(NC(=O)CCc3ccc(C(F)(F)F)cc3)cc2C(F)(F)F)cn1. The second-order valence-electron chi connectivity index (χ2n) is 6.89. The second-order valence-corrected chi connectivity index (χ2v) is 6.89. The van der Waals surface area contributed by atoms with Gasteiger partial charge < -0.3 is 9.88 Å². The summed E-state index contributed by atoms with van der Waals surface area (Å²) in [6, 6.07) is 7.77. The molecule has 3 rings (SSSR count). The third kappa shape index (κ3) is 5.65. The monoisotopic (exact) mass is 441 g/mol. The maximum absolute atomic E-state index is 13.5. The maximum atomic E-state index is 13.5. The fourth-order valence-corrected chi connectivity index (χ4v) is 2.96. The molecule has 0 spiro atoms. The van der Waals surface area contributed by atoms with Crippen LogP contribution in [0, 0.1) is 6.92 Å². The van der Waals surface area contributed by atoms with Crippen LogP contribution in [-0.4, -0.2) is 15.5 Å². The molecule has 0 fully saturated rings. The molecule has 0 saturated heterocycles. The Morgan fingerprint density at radius 3 is 2.23 bits per heavy atom. The van der Waals surface area contributed by atoms with E-state index < -0.39 is 29.4 Å². The van der Waals surface area contributed by atoms with Gasteiger partial charge in [-0.3, -0.25) is 4.79 Å². The Morgan fingerprint density at radius 2 is 1.68 bits per heavy atom. The van der Waals surface area contributed by atoms with E-state index in [0.29, 0.717) is 11.3 Å². The van der Waals surface area contributed by atoms with Crippen molar-refractivity contribution in [2.75, 3.05) is 5.32 Å². The van der Waals surface area contributed by atoms with Crippen LogP contribution in [0.5, 0.6) is 0 Å². The number of alkyl halides is 6. The molecule has 0 aliphatic rings. The van der Waals surface area contributed by atoms with Crippen LogP contribution < -0.4 is 5.32 Å². The molecule has 4 nitrogen and oxygen atoms in total. The summed E-state index contributed by atoms with van der Waals surface area (Å²) in [7, 11) is 0. The van der Waals surface area contributed by atoms with Gasteiger partial charge in [0, 0.05) is 18.3 Å². The fraction of sp³-hybridized carbons (Fsp3) is 0.238. The topological polar surface area (TPSA) is 46.9 Å². The first-order valence-corrected chi connectivity index (χ1v) is 9.12. The number of aromatic nitrogens is 2. The van der Waals surface area contributed by atoms with Crippen LogP contribution in [-0.2, 0) is 23.6 Å². The number of rotatable bonds is 5. The van der Waals surface area contributed by atoms with Crippen LogP contribution in [0.25, 0.3) is 5.69 Å². The van der Waals surface area contributed by atoms with Crippen molar-refractivity contribution in [3.63, 3.8) is 0 Å². The minimum atomic E-state index is -4.66. The summed E-state index contributed by atoms with van der Waals surface area (Å²) in [6.07, 6.45) is -6.35. The van der Waals surface area contributed by atoms with E-state index in [-0.39, 0.29) is 24.2 Å². The van der Waals surface area contributed by atoms with Crippen LogP contribution in [0.15, 0.2) is 55.0 Å². The van der Waals surface area contributed by atoms with E-state index in [1.807, 2.05) is 0 Å². The highest BCUT2D eigenvalue weighted by atomic mass is 19.4. The fourth-order valence-electron chi connectivity index (χ4n) is 2.96. The van der Waals surface area contributed by atoms with Crippen LogP contribution >= 0.6 is 0 Å². The van der Waals surface area contributed by atoms with Crippen LogP contribution in [0.4, 0.5) is 32.0 Å². The molecular formula is C21H17F6N3O. The second kappa shape index (κ2) is 8.44. The zero-order valence-electron chi connectivity index (χ0n) is 16.2. The molecule has 0 bridgehead atoms. The lowest BCUT2D eigenvalue weighted by atomic mass is 10.1. The Kier molecular flexibility index (Phi) is 6.10. The number of benzene rings is 2. The van der Waals surface area contributed by atoms with Crippen molar-refractivity contribution in [3.8, 4) is 5.69 Å². The molecular weight excluding hydrogens is 424 g/mol. The van der Waals surface area contributed by atoms with Gasteiger partial charge in [-0.05, 0) is 49.2 Å². The molecule has 10 heteroatoms. The number of amides is 1. The van der Waals surface area contributed by atoms with E-state index in [1.54, 1.807) is 6.92 Å². The van der Waals surface area contributed by atoms with Crippen molar-refractivity contribution in [2.24, 2.45) is 0 Å². The number of halogens is 6. The van der Waals surface area contributed by atoms with Crippen molar-refractivity contribution in [1.82, 2.24) is 9.55 Å². The molecule has 0 aliphatic carbocycles. The molecule has 1 N–H and O–H groups in total. The van der Waals surface area contributed by atoms with E-state index in [1.165, 1.54) is 41.4 Å². The average Bonchev–Trinajstić information content (AvgIpc) is 3.11. The molecule has 164 valence electrons. The molecule has 1 amide bonds. The van der Waals surface area contributed by atoms with E-state index in [9.17, 15) is 31.1 Å². The Labute approximate surface area is 173 Å². The number of imidazole rings is 1. The highest BCUT2D eigenvalue weighted by molar-refractivity contribution is 5.91. The van der Waals surface area contributed by atoms with Gasteiger partial charge in [0.1, 0.15) is 0 Å². The van der Waals surface area contributed by atoms with Crippen molar-refractivity contribution >= 4 is 11.6 Å². The van der Waals surface area contributed by atoms with Gasteiger partial charge in [0.15, 0.2) is 0 Å². The quantitative estimate of drug-likeness (QED) is 0.510. The van der Waals surface area contributed by atoms with Crippen molar-refractivity contribution < 1.29 is 31.1 Å². The van der Waals surface area contributed by atoms with Gasteiger partial charge in [0.25, 0.3) is 0 Å². The summed E-state index contributed by atoms with van der Waals surface area (Å²) in [5, 5.41) is 2.40. The average molecular weight is 441 g/mol. The van der Waals surface area contributed by atoms with Crippen molar-refractivity contribution in [3.05, 3.63) is 77.4 Å². The van der Waals surface area contributed by atoms with Gasteiger partial charge in [-0.25, -0.2) is 4.98 Å². The lowest BCUT2D eigenvalue weighted by molar-refractivity contribution is -0.138. The number of anilines is 1. The van der Waals surface area contributed by atoms with Gasteiger partial charge in [-0.15, -0.1) is 0 Å². The number of aryl methyl sites for hydroxylation is 2. The standard InChI is InChI=1S/C21H17F6N3O/c1-13-11-30(12-28-13)18-8-7-16(10-17(18)21(25,26)27)29-19(31)9-4-14-2-5-15(6-3-14)20(22,23)24/h2-3,5-8,10-12H,4,9H2,1H3,(H,29,31). The number of hydrogen-bond donors (Lipinski definition) is 1. The van der Waals surface area contributed by atoms with Gasteiger partial charge in [-0.1, -0.05) is 12.1 Å². The highest BCUT2D eigenvalue weighted by Crippen LogP contribution is 2.36. The van der Waals surface area contributed by atoms with Crippen molar-refractivity contribution in [2.45, 2.75) is 32.1 Å². The van der Waals surface area contributed by atoms with Gasteiger partial charge in [0.2, 0.25) is 5.91 Å². The summed E-state index contributed by atoms with van der Waals surface area (Å²) in [4.78, 5) is 16.1. The molecule has 0 atom stereocenters. The zero-order valence-corrected chi connectivity index (χ0v) is 16.2. The van der Waals surface area contributed by atoms with E-state index in [0.717, 1.165) is 18.2 Å². The highest BCUT2D eigenvalue weighted by Gasteiger charge is 2.34. The third-order valence-electron chi connectivity index (χ3n) is 4.50. The predicted octanol–water partition coefficient (Wildman–Crippen LogP) is 5.79. The number of nitrogens with one attached hydrogen (secondary N) is 1. The van der Waals surface area contributed by atoms with Gasteiger partial charge in [0.05, 0.1) is 28.8 Å². The Hall–Kier alpha value is -3.30. The van der Waals surface area contributed by atoms with Crippen LogP contribution in [0.3, 0.4) is 0 Å². The van der Waals surface area contributed by atoms with E-state index in [4.69, 9.17) is 0 Å². The molecule has 0 aliphatic heterocycles. The first-order valence-electron chi connectivity index (χ1n) is 9.12. The van der Waals surface area contributed by atoms with Gasteiger partial charge in [-0.2, -0.15) is 26.3 Å². The lowest BCUT2D eigenvalue weighted by Gasteiger charge is -2.15. The Bertz CT molecular complexity index is 1070. The van der Waals surface area contributed by atoms with E-state index in [2.05, 4.69) is 10.3 Å². The molecule has 2 aromatic carbocycles. The number of carbonyl (C=O) groups is 1. The third-order valence-corrected chi connectivity index (χ3v) is 4.50. The minimum absolute atomic E-state index is 0.0367. The molecule has 0 unspecified atom stereocenters. The van der Waals surface area contributed by atoms with Crippen LogP contribution in [0.2, 0.25) is 0 Å². The summed E-state index contributed by atoms with van der Waals surface area (Å²) in [5.74, 6) is -0.556. The molecule has 3 aromatic rings. The predicted molar refractivity (Wildman–Crippen MR) is 102 cm³/mol. The molecule has 0 saturated carbocycles. The summed E-state index contributed by atoms with van der Waals surface area (Å²) in [6.45, 7) is 1.65.